The van der Waals surface area contributed by atoms with E-state index in [2.05, 4.69) is 81.9 Å². The summed E-state index contributed by atoms with van der Waals surface area (Å²) in [6.45, 7) is 17.4. The molecule has 0 radical (unpaired) electrons. The first kappa shape index (κ1) is 19.4. The molecule has 2 aliphatic carbocycles. The molecule has 0 amide bonds. The van der Waals surface area contributed by atoms with Gasteiger partial charge in [-0.3, -0.25) is 0 Å². The summed E-state index contributed by atoms with van der Waals surface area (Å²) in [6.07, 6.45) is 8.89. The third-order valence-corrected chi connectivity index (χ3v) is 16.3. The summed E-state index contributed by atoms with van der Waals surface area (Å²) in [4.78, 5) is 0. The zero-order valence-corrected chi connectivity index (χ0v) is 21.1. The van der Waals surface area contributed by atoms with Crippen LogP contribution in [-0.2, 0) is 4.74 Å². The van der Waals surface area contributed by atoms with Crippen LogP contribution in [0.1, 0.15) is 26.2 Å². The van der Waals surface area contributed by atoms with Crippen molar-refractivity contribution in [1.82, 2.24) is 0 Å². The highest BCUT2D eigenvalue weighted by atomic mass is 32.2. The van der Waals surface area contributed by atoms with Crippen LogP contribution in [0.15, 0.2) is 43.5 Å². The van der Waals surface area contributed by atoms with E-state index in [4.69, 9.17) is 4.74 Å². The highest BCUT2D eigenvalue weighted by Crippen LogP contribution is 2.69. The largest absolute Gasteiger partial charge is 0.366 e. The van der Waals surface area contributed by atoms with E-state index in [0.717, 1.165) is 0 Å². The Labute approximate surface area is 169 Å². The molecule has 142 valence electrons. The molecule has 1 fully saturated rings. The van der Waals surface area contributed by atoms with E-state index in [1.54, 1.807) is 20.2 Å². The van der Waals surface area contributed by atoms with Gasteiger partial charge in [0.05, 0.1) is 16.1 Å². The summed E-state index contributed by atoms with van der Waals surface area (Å²) in [7, 11) is -0.818. The van der Waals surface area contributed by atoms with Gasteiger partial charge in [-0.25, -0.2) is 0 Å². The van der Waals surface area contributed by atoms with Crippen LogP contribution in [0.25, 0.3) is 0 Å². The summed E-state index contributed by atoms with van der Waals surface area (Å²) < 4.78 is 9.81. The van der Waals surface area contributed by atoms with Gasteiger partial charge in [-0.15, -0.1) is 23.5 Å². The second-order valence-electron chi connectivity index (χ2n) is 10.2. The normalized spacial score (nSPS) is 34.0. The first-order valence-electron chi connectivity index (χ1n) is 9.79. The fourth-order valence-electron chi connectivity index (χ4n) is 4.82. The molecule has 0 aromatic carbocycles. The molecule has 1 nitrogen and oxygen atoms in total. The molecule has 0 spiro atoms. The molecule has 0 unspecified atom stereocenters. The number of ether oxygens (including phenoxy) is 1. The summed E-state index contributed by atoms with van der Waals surface area (Å²) in [5, 5.41) is 0. The van der Waals surface area contributed by atoms with Crippen molar-refractivity contribution < 1.29 is 4.74 Å². The molecule has 0 bridgehead atoms. The smallest absolute Gasteiger partial charge is 0.142 e. The molecule has 0 atom stereocenters. The van der Waals surface area contributed by atoms with Crippen LogP contribution < -0.4 is 0 Å². The van der Waals surface area contributed by atoms with E-state index in [1.165, 1.54) is 30.4 Å². The van der Waals surface area contributed by atoms with Crippen molar-refractivity contribution in [3.63, 3.8) is 0 Å². The third-order valence-electron chi connectivity index (χ3n) is 6.21. The quantitative estimate of drug-likeness (QED) is 0.460. The van der Waals surface area contributed by atoms with Crippen molar-refractivity contribution in [2.24, 2.45) is 0 Å². The Kier molecular flexibility index (Phi) is 4.31. The van der Waals surface area contributed by atoms with Gasteiger partial charge in [0.15, 0.2) is 0 Å². The van der Waals surface area contributed by atoms with Gasteiger partial charge in [-0.1, -0.05) is 39.3 Å². The topological polar surface area (TPSA) is 9.23 Å². The lowest BCUT2D eigenvalue weighted by atomic mass is 9.83. The Balaban J connectivity index is 2.03. The standard InChI is InChI=1S/C21H32OS2Si2/c1-20-21(22-2)16(12-18(23-20)25(3,4)5)14-10-9-11-15(14)17(21)13-19(24-20)26(6,7)8/h12-13H,9-11H2,1-8H3. The molecule has 0 N–H and O–H groups in total. The summed E-state index contributed by atoms with van der Waals surface area (Å²) in [6, 6.07) is 0. The predicted octanol–water partition coefficient (Wildman–Crippen LogP) is 6.89. The van der Waals surface area contributed by atoms with Crippen LogP contribution >= 0.6 is 23.5 Å². The average molecular weight is 421 g/mol. The first-order chi connectivity index (χ1) is 11.9. The van der Waals surface area contributed by atoms with E-state index < -0.39 is 16.1 Å². The van der Waals surface area contributed by atoms with Gasteiger partial charge in [-0.05, 0) is 69.7 Å². The highest BCUT2D eigenvalue weighted by Gasteiger charge is 2.64. The fourth-order valence-corrected chi connectivity index (χ4v) is 12.9. The number of rotatable bonds is 3. The minimum absolute atomic E-state index is 0.00544. The maximum Gasteiger partial charge on any atom is 0.142 e. The van der Waals surface area contributed by atoms with Gasteiger partial charge in [0.25, 0.3) is 0 Å². The minimum Gasteiger partial charge on any atom is -0.366 e. The zero-order valence-electron chi connectivity index (χ0n) is 17.5. The molecule has 2 aliphatic heterocycles. The second-order valence-corrected chi connectivity index (χ2v) is 24.2. The lowest BCUT2D eigenvalue weighted by Gasteiger charge is -2.54. The van der Waals surface area contributed by atoms with Crippen molar-refractivity contribution >= 4 is 39.7 Å². The Morgan fingerprint density at radius 1 is 0.846 bits per heavy atom. The molecule has 0 aromatic heterocycles. The molecule has 4 rings (SSSR count). The van der Waals surface area contributed by atoms with Gasteiger partial charge >= 0.3 is 0 Å². The lowest BCUT2D eigenvalue weighted by molar-refractivity contribution is 0.0534. The molecule has 26 heavy (non-hydrogen) atoms. The maximum absolute atomic E-state index is 6.52. The van der Waals surface area contributed by atoms with E-state index in [9.17, 15) is 0 Å². The van der Waals surface area contributed by atoms with E-state index in [0.29, 0.717) is 0 Å². The second kappa shape index (κ2) is 5.79. The Hall–Kier alpha value is 0.0538. The van der Waals surface area contributed by atoms with E-state index in [-0.39, 0.29) is 9.68 Å². The predicted molar refractivity (Wildman–Crippen MR) is 124 cm³/mol. The molecular formula is C21H32OS2Si2. The van der Waals surface area contributed by atoms with Crippen LogP contribution in [0.4, 0.5) is 0 Å². The summed E-state index contributed by atoms with van der Waals surface area (Å²) in [5.74, 6) is 0. The average Bonchev–Trinajstić information content (AvgIpc) is 3.06. The SMILES string of the molecule is COC12C3=C4CCCC4=C1C=C([Si](C)(C)C)SC2(C)SC([Si](C)(C)C)=C3. The van der Waals surface area contributed by atoms with Crippen LogP contribution in [0.5, 0.6) is 0 Å². The zero-order chi connectivity index (χ0) is 19.1. The third kappa shape index (κ3) is 2.46. The van der Waals surface area contributed by atoms with Crippen molar-refractivity contribution in [3.05, 3.63) is 43.5 Å². The van der Waals surface area contributed by atoms with E-state index in [1.807, 2.05) is 7.11 Å². The van der Waals surface area contributed by atoms with Crippen LogP contribution in [0.2, 0.25) is 39.3 Å². The monoisotopic (exact) mass is 420 g/mol. The molecule has 0 saturated heterocycles. The Morgan fingerprint density at radius 3 is 1.62 bits per heavy atom. The van der Waals surface area contributed by atoms with Gasteiger partial charge in [0.1, 0.15) is 9.68 Å². The lowest BCUT2D eigenvalue weighted by Crippen LogP contribution is -2.56. The number of fused-ring (bicyclic) bond motifs is 1. The van der Waals surface area contributed by atoms with Gasteiger partial charge in [-0.2, -0.15) is 0 Å². The van der Waals surface area contributed by atoms with Crippen molar-refractivity contribution in [2.45, 2.75) is 75.1 Å². The van der Waals surface area contributed by atoms with Crippen LogP contribution in [0.3, 0.4) is 0 Å². The number of methoxy groups -OCH3 is 1. The van der Waals surface area contributed by atoms with Crippen molar-refractivity contribution in [2.75, 3.05) is 7.11 Å². The van der Waals surface area contributed by atoms with Gasteiger partial charge in [0, 0.05) is 7.11 Å². The number of allylic oxidation sites excluding steroid dienone is 2. The van der Waals surface area contributed by atoms with Gasteiger partial charge < -0.3 is 4.74 Å². The number of hydrogen-bond donors (Lipinski definition) is 0. The maximum atomic E-state index is 6.52. The fraction of sp³-hybridized carbons (Fsp3) is 0.619. The molecular weight excluding hydrogens is 389 g/mol. The van der Waals surface area contributed by atoms with E-state index >= 15 is 0 Å². The highest BCUT2D eigenvalue weighted by molar-refractivity contribution is 8.23. The van der Waals surface area contributed by atoms with Crippen LogP contribution in [0, 0.1) is 0 Å². The Bertz CT molecular complexity index is 745. The Morgan fingerprint density at radius 2 is 1.27 bits per heavy atom. The van der Waals surface area contributed by atoms with Crippen molar-refractivity contribution in [1.29, 1.82) is 0 Å². The molecule has 0 aromatic rings. The van der Waals surface area contributed by atoms with Gasteiger partial charge in [0.2, 0.25) is 0 Å². The summed E-state index contributed by atoms with van der Waals surface area (Å²) in [5.41, 5.74) is 6.02. The van der Waals surface area contributed by atoms with Crippen molar-refractivity contribution in [3.8, 4) is 0 Å². The number of hydrogen-bond acceptors (Lipinski definition) is 3. The summed E-state index contributed by atoms with van der Waals surface area (Å²) >= 11 is 4.26. The first-order valence-corrected chi connectivity index (χ1v) is 18.4. The molecule has 5 heteroatoms. The van der Waals surface area contributed by atoms with Crippen LogP contribution in [-0.4, -0.2) is 32.9 Å². The minimum atomic E-state index is -1.38. The molecule has 2 heterocycles. The molecule has 1 saturated carbocycles. The number of thioether (sulfide) groups is 2. The molecule has 4 aliphatic rings.